The lowest BCUT2D eigenvalue weighted by Crippen LogP contribution is -2.35. The third-order valence-corrected chi connectivity index (χ3v) is 4.11. The molecule has 3 aliphatic rings. The lowest BCUT2D eigenvalue weighted by atomic mass is 9.74. The molecule has 3 heteroatoms. The molecule has 1 N–H and O–H groups in total. The molecule has 0 aromatic carbocycles. The number of Topliss-reactive ketones (excluding diaryl/α,β-unsaturated/α-hetero) is 1. The summed E-state index contributed by atoms with van der Waals surface area (Å²) in [7, 11) is 0. The van der Waals surface area contributed by atoms with E-state index in [1.54, 1.807) is 0 Å². The average Bonchev–Trinajstić information content (AvgIpc) is 2.95. The minimum atomic E-state index is -0.667. The normalized spacial score (nSPS) is 39.1. The molecule has 2 unspecified atom stereocenters. The highest BCUT2D eigenvalue weighted by Crippen LogP contribution is 2.54. The molecule has 80 valence electrons. The number of aliphatic hydroxyl groups is 1. The zero-order valence-corrected chi connectivity index (χ0v) is 8.53. The first-order chi connectivity index (χ1) is 7.13. The minimum Gasteiger partial charge on any atom is -0.511 e. The van der Waals surface area contributed by atoms with Crippen molar-refractivity contribution in [3.63, 3.8) is 0 Å². The van der Waals surface area contributed by atoms with Crippen molar-refractivity contribution in [2.24, 2.45) is 17.3 Å². The molecule has 0 spiro atoms. The monoisotopic (exact) mass is 206 g/mol. The van der Waals surface area contributed by atoms with Gasteiger partial charge in [0.2, 0.25) is 0 Å². The van der Waals surface area contributed by atoms with Gasteiger partial charge in [0.25, 0.3) is 0 Å². The van der Waals surface area contributed by atoms with E-state index in [-0.39, 0.29) is 29.2 Å². The number of rotatable bonds is 2. The van der Waals surface area contributed by atoms with E-state index in [1.807, 2.05) is 0 Å². The highest BCUT2D eigenvalue weighted by Gasteiger charge is 2.55. The fourth-order valence-corrected chi connectivity index (χ4v) is 3.00. The van der Waals surface area contributed by atoms with Crippen molar-refractivity contribution in [1.82, 2.24) is 0 Å². The second-order valence-electron chi connectivity index (χ2n) is 5.09. The Morgan fingerprint density at radius 1 is 1.40 bits per heavy atom. The summed E-state index contributed by atoms with van der Waals surface area (Å²) in [6, 6.07) is 0. The molecule has 3 rings (SSSR count). The first-order valence-electron chi connectivity index (χ1n) is 5.63. The molecule has 0 aromatic heterocycles. The molecule has 2 fully saturated rings. The van der Waals surface area contributed by atoms with Gasteiger partial charge in [0.15, 0.2) is 5.78 Å². The molecule has 2 saturated carbocycles. The van der Waals surface area contributed by atoms with Crippen LogP contribution in [-0.4, -0.2) is 16.7 Å². The predicted molar refractivity (Wildman–Crippen MR) is 53.2 cm³/mol. The van der Waals surface area contributed by atoms with Gasteiger partial charge in [0, 0.05) is 17.9 Å². The molecule has 15 heavy (non-hydrogen) atoms. The van der Waals surface area contributed by atoms with Crippen LogP contribution < -0.4 is 0 Å². The van der Waals surface area contributed by atoms with Crippen LogP contribution in [0.4, 0.5) is 0 Å². The van der Waals surface area contributed by atoms with E-state index >= 15 is 0 Å². The van der Waals surface area contributed by atoms with Gasteiger partial charge in [0.05, 0.1) is 5.41 Å². The van der Waals surface area contributed by atoms with E-state index in [0.29, 0.717) is 12.8 Å². The van der Waals surface area contributed by atoms with Gasteiger partial charge < -0.3 is 5.11 Å². The predicted octanol–water partition coefficient (Wildman–Crippen LogP) is 1.78. The SMILES string of the molecule is O=C1C=C(O)C2(C(=O)C3CC3)CCC1C2. The molecule has 0 aromatic rings. The van der Waals surface area contributed by atoms with Gasteiger partial charge >= 0.3 is 0 Å². The smallest absolute Gasteiger partial charge is 0.162 e. The number of ketones is 2. The Labute approximate surface area is 88.2 Å². The van der Waals surface area contributed by atoms with Crippen LogP contribution in [0.2, 0.25) is 0 Å². The quantitative estimate of drug-likeness (QED) is 0.749. The van der Waals surface area contributed by atoms with Crippen molar-refractivity contribution in [2.45, 2.75) is 32.1 Å². The fraction of sp³-hybridized carbons (Fsp3) is 0.667. The summed E-state index contributed by atoms with van der Waals surface area (Å²) < 4.78 is 0. The topological polar surface area (TPSA) is 54.4 Å². The molecule has 2 atom stereocenters. The molecule has 3 nitrogen and oxygen atoms in total. The lowest BCUT2D eigenvalue weighted by molar-refractivity contribution is -0.130. The largest absolute Gasteiger partial charge is 0.511 e. The Bertz CT molecular complexity index is 378. The van der Waals surface area contributed by atoms with E-state index in [4.69, 9.17) is 0 Å². The van der Waals surface area contributed by atoms with Gasteiger partial charge in [-0.05, 0) is 32.1 Å². The van der Waals surface area contributed by atoms with E-state index in [1.165, 1.54) is 6.08 Å². The molecule has 3 aliphatic carbocycles. The van der Waals surface area contributed by atoms with Crippen molar-refractivity contribution >= 4 is 11.6 Å². The van der Waals surface area contributed by atoms with Crippen molar-refractivity contribution < 1.29 is 14.7 Å². The maximum Gasteiger partial charge on any atom is 0.162 e. The number of hydrogen-bond donors (Lipinski definition) is 1. The van der Waals surface area contributed by atoms with Crippen molar-refractivity contribution in [3.05, 3.63) is 11.8 Å². The van der Waals surface area contributed by atoms with E-state index < -0.39 is 5.41 Å². The molecule has 0 saturated heterocycles. The van der Waals surface area contributed by atoms with Gasteiger partial charge in [-0.15, -0.1) is 0 Å². The summed E-state index contributed by atoms with van der Waals surface area (Å²) in [5.74, 6) is 0.379. The first-order valence-corrected chi connectivity index (χ1v) is 5.63. The third-order valence-electron chi connectivity index (χ3n) is 4.11. The second-order valence-corrected chi connectivity index (χ2v) is 5.09. The number of fused-ring (bicyclic) bond motifs is 2. The van der Waals surface area contributed by atoms with Gasteiger partial charge in [-0.1, -0.05) is 0 Å². The number of allylic oxidation sites excluding steroid dienone is 2. The van der Waals surface area contributed by atoms with Gasteiger partial charge in [-0.3, -0.25) is 9.59 Å². The molecule has 0 amide bonds. The summed E-state index contributed by atoms with van der Waals surface area (Å²) in [6.45, 7) is 0. The van der Waals surface area contributed by atoms with Crippen LogP contribution in [0.5, 0.6) is 0 Å². The maximum absolute atomic E-state index is 12.1. The van der Waals surface area contributed by atoms with E-state index in [9.17, 15) is 14.7 Å². The molecule has 0 aliphatic heterocycles. The number of carbonyl (C=O) groups is 2. The molecule has 0 heterocycles. The Morgan fingerprint density at radius 3 is 2.80 bits per heavy atom. The lowest BCUT2D eigenvalue weighted by Gasteiger charge is -2.29. The van der Waals surface area contributed by atoms with Crippen LogP contribution in [0, 0.1) is 17.3 Å². The minimum absolute atomic E-state index is 0.00391. The summed E-state index contributed by atoms with van der Waals surface area (Å²) in [5.41, 5.74) is -0.667. The van der Waals surface area contributed by atoms with Crippen molar-refractivity contribution in [3.8, 4) is 0 Å². The molecule has 0 radical (unpaired) electrons. The zero-order chi connectivity index (χ0) is 10.6. The number of aliphatic hydroxyl groups excluding tert-OH is 1. The Hall–Kier alpha value is -1.12. The first kappa shape index (κ1) is 9.13. The Kier molecular flexibility index (Phi) is 1.65. The van der Waals surface area contributed by atoms with Crippen LogP contribution in [0.15, 0.2) is 11.8 Å². The summed E-state index contributed by atoms with van der Waals surface area (Å²) >= 11 is 0. The van der Waals surface area contributed by atoms with Crippen LogP contribution in [0.3, 0.4) is 0 Å². The fourth-order valence-electron chi connectivity index (χ4n) is 3.00. The number of hydrogen-bond acceptors (Lipinski definition) is 3. The standard InChI is InChI=1S/C12H14O3/c13-9-5-10(14)12(4-3-8(9)6-12)11(15)7-1-2-7/h5,7-8,14H,1-4,6H2. The third kappa shape index (κ3) is 1.12. The highest BCUT2D eigenvalue weighted by molar-refractivity contribution is 6.00. The zero-order valence-electron chi connectivity index (χ0n) is 8.53. The summed E-state index contributed by atoms with van der Waals surface area (Å²) in [6.07, 6.45) is 5.21. The van der Waals surface area contributed by atoms with Gasteiger partial charge in [0.1, 0.15) is 11.5 Å². The highest BCUT2D eigenvalue weighted by atomic mass is 16.3. The maximum atomic E-state index is 12.1. The van der Waals surface area contributed by atoms with E-state index in [2.05, 4.69) is 0 Å². The van der Waals surface area contributed by atoms with Crippen LogP contribution >= 0.6 is 0 Å². The van der Waals surface area contributed by atoms with Crippen LogP contribution in [0.1, 0.15) is 32.1 Å². The van der Waals surface area contributed by atoms with Crippen LogP contribution in [0.25, 0.3) is 0 Å². The molecular weight excluding hydrogens is 192 g/mol. The number of carbonyl (C=O) groups excluding carboxylic acids is 2. The Morgan fingerprint density at radius 2 is 2.13 bits per heavy atom. The van der Waals surface area contributed by atoms with Gasteiger partial charge in [-0.2, -0.15) is 0 Å². The molecule has 2 bridgehead atoms. The van der Waals surface area contributed by atoms with Crippen molar-refractivity contribution in [2.75, 3.05) is 0 Å². The second kappa shape index (κ2) is 2.71. The Balaban J connectivity index is 2.00. The molecular formula is C12H14O3. The average molecular weight is 206 g/mol. The van der Waals surface area contributed by atoms with Crippen LogP contribution in [-0.2, 0) is 9.59 Å². The van der Waals surface area contributed by atoms with Crippen molar-refractivity contribution in [1.29, 1.82) is 0 Å². The summed E-state index contributed by atoms with van der Waals surface area (Å²) in [5, 5.41) is 9.88. The van der Waals surface area contributed by atoms with Gasteiger partial charge in [-0.25, -0.2) is 0 Å². The van der Waals surface area contributed by atoms with E-state index in [0.717, 1.165) is 19.3 Å². The summed E-state index contributed by atoms with van der Waals surface area (Å²) in [4.78, 5) is 23.6.